The van der Waals surface area contributed by atoms with Crippen LogP contribution in [-0.4, -0.2) is 34.7 Å². The lowest BCUT2D eigenvalue weighted by atomic mass is 10.4. The molecule has 4 heteroatoms. The highest BCUT2D eigenvalue weighted by molar-refractivity contribution is 4.99. The van der Waals surface area contributed by atoms with Crippen LogP contribution >= 0.6 is 0 Å². The van der Waals surface area contributed by atoms with Crippen molar-refractivity contribution in [2.75, 3.05) is 13.7 Å². The standard InChI is InChI=1S/C8H14N2O2.C2H6/c1-7-3-9-10(4-7)5-8(11)6-12-2;1-2/h3-4,8,11H,5-6H2,1-2H3;1-2H3. The summed E-state index contributed by atoms with van der Waals surface area (Å²) in [5.41, 5.74) is 1.10. The summed E-state index contributed by atoms with van der Waals surface area (Å²) in [7, 11) is 1.57. The minimum Gasteiger partial charge on any atom is -0.389 e. The fourth-order valence-electron chi connectivity index (χ4n) is 1.03. The first-order chi connectivity index (χ1) is 6.72. The molecule has 0 fully saturated rings. The highest BCUT2D eigenvalue weighted by Crippen LogP contribution is 1.96. The number of aliphatic hydroxyl groups is 1. The van der Waals surface area contributed by atoms with E-state index in [1.807, 2.05) is 27.0 Å². The molecule has 1 atom stereocenters. The van der Waals surface area contributed by atoms with Crippen molar-refractivity contribution in [1.29, 1.82) is 0 Å². The van der Waals surface area contributed by atoms with Gasteiger partial charge in [0, 0.05) is 13.3 Å². The third-order valence-corrected chi connectivity index (χ3v) is 1.52. The van der Waals surface area contributed by atoms with Gasteiger partial charge in [0.1, 0.15) is 0 Å². The normalized spacial score (nSPS) is 11.8. The molecule has 1 heterocycles. The van der Waals surface area contributed by atoms with E-state index in [2.05, 4.69) is 5.10 Å². The summed E-state index contributed by atoms with van der Waals surface area (Å²) in [5.74, 6) is 0. The number of ether oxygens (including phenoxy) is 1. The van der Waals surface area contributed by atoms with E-state index in [4.69, 9.17) is 4.74 Å². The zero-order valence-corrected chi connectivity index (χ0v) is 9.40. The van der Waals surface area contributed by atoms with E-state index in [0.717, 1.165) is 5.56 Å². The van der Waals surface area contributed by atoms with Crippen LogP contribution in [0, 0.1) is 6.92 Å². The molecule has 1 aromatic heterocycles. The summed E-state index contributed by atoms with van der Waals surface area (Å²) in [5, 5.41) is 13.4. The Hall–Kier alpha value is -0.870. The fourth-order valence-corrected chi connectivity index (χ4v) is 1.03. The zero-order chi connectivity index (χ0) is 11.0. The average molecular weight is 200 g/mol. The molecular weight excluding hydrogens is 180 g/mol. The topological polar surface area (TPSA) is 47.3 Å². The Morgan fingerprint density at radius 3 is 2.64 bits per heavy atom. The number of aliphatic hydroxyl groups excluding tert-OH is 1. The van der Waals surface area contributed by atoms with Gasteiger partial charge in [0.25, 0.3) is 0 Å². The van der Waals surface area contributed by atoms with Crippen LogP contribution in [-0.2, 0) is 11.3 Å². The zero-order valence-electron chi connectivity index (χ0n) is 9.40. The van der Waals surface area contributed by atoms with Crippen LogP contribution in [0.5, 0.6) is 0 Å². The maximum atomic E-state index is 9.33. The van der Waals surface area contributed by atoms with Crippen LogP contribution in [0.15, 0.2) is 12.4 Å². The van der Waals surface area contributed by atoms with Gasteiger partial charge in [-0.05, 0) is 12.5 Å². The molecule has 0 bridgehead atoms. The van der Waals surface area contributed by atoms with Crippen LogP contribution in [0.25, 0.3) is 0 Å². The summed E-state index contributed by atoms with van der Waals surface area (Å²) in [6.45, 7) is 6.80. The minimum absolute atomic E-state index is 0.346. The van der Waals surface area contributed by atoms with Gasteiger partial charge in [-0.3, -0.25) is 4.68 Å². The minimum atomic E-state index is -0.478. The lowest BCUT2D eigenvalue weighted by Gasteiger charge is -2.08. The molecule has 1 aromatic rings. The van der Waals surface area contributed by atoms with Crippen molar-refractivity contribution in [2.24, 2.45) is 0 Å². The fraction of sp³-hybridized carbons (Fsp3) is 0.700. The molecule has 0 saturated carbocycles. The van der Waals surface area contributed by atoms with E-state index in [9.17, 15) is 5.11 Å². The Labute approximate surface area is 85.5 Å². The molecule has 0 aliphatic heterocycles. The highest BCUT2D eigenvalue weighted by Gasteiger charge is 2.04. The van der Waals surface area contributed by atoms with Gasteiger partial charge in [-0.25, -0.2) is 0 Å². The third-order valence-electron chi connectivity index (χ3n) is 1.52. The SMILES string of the molecule is CC.COCC(O)Cn1cc(C)cn1. The van der Waals surface area contributed by atoms with Crippen molar-refractivity contribution in [1.82, 2.24) is 9.78 Å². The van der Waals surface area contributed by atoms with Crippen molar-refractivity contribution >= 4 is 0 Å². The first-order valence-corrected chi connectivity index (χ1v) is 4.88. The molecule has 0 spiro atoms. The second kappa shape index (κ2) is 7.53. The van der Waals surface area contributed by atoms with Crippen molar-refractivity contribution in [3.8, 4) is 0 Å². The highest BCUT2D eigenvalue weighted by atomic mass is 16.5. The van der Waals surface area contributed by atoms with Gasteiger partial charge in [0.05, 0.1) is 25.5 Å². The Bertz CT molecular complexity index is 236. The van der Waals surface area contributed by atoms with E-state index in [0.29, 0.717) is 13.2 Å². The third kappa shape index (κ3) is 4.99. The molecule has 0 aliphatic carbocycles. The van der Waals surface area contributed by atoms with Gasteiger partial charge in [-0.15, -0.1) is 0 Å². The van der Waals surface area contributed by atoms with Gasteiger partial charge in [0.2, 0.25) is 0 Å². The average Bonchev–Trinajstić information content (AvgIpc) is 2.55. The van der Waals surface area contributed by atoms with Crippen LogP contribution in [0.4, 0.5) is 0 Å². The number of methoxy groups -OCH3 is 1. The molecule has 82 valence electrons. The quantitative estimate of drug-likeness (QED) is 0.795. The monoisotopic (exact) mass is 200 g/mol. The van der Waals surface area contributed by atoms with E-state index >= 15 is 0 Å². The summed E-state index contributed by atoms with van der Waals surface area (Å²) in [6.07, 6.45) is 3.17. The number of rotatable bonds is 4. The number of nitrogens with zero attached hydrogens (tertiary/aromatic N) is 2. The Kier molecular flexibility index (Phi) is 7.06. The number of hydrogen-bond acceptors (Lipinski definition) is 3. The smallest absolute Gasteiger partial charge is 0.0968 e. The molecule has 0 aromatic carbocycles. The second-order valence-corrected chi connectivity index (χ2v) is 2.85. The molecule has 0 saturated heterocycles. The van der Waals surface area contributed by atoms with E-state index in [1.165, 1.54) is 0 Å². The molecule has 0 aliphatic rings. The number of aromatic nitrogens is 2. The molecule has 0 amide bonds. The predicted molar refractivity (Wildman–Crippen MR) is 56.2 cm³/mol. The summed E-state index contributed by atoms with van der Waals surface area (Å²) in [6, 6.07) is 0. The van der Waals surface area contributed by atoms with Crippen LogP contribution in [0.2, 0.25) is 0 Å². The molecule has 1 N–H and O–H groups in total. The van der Waals surface area contributed by atoms with E-state index in [-0.39, 0.29) is 0 Å². The van der Waals surface area contributed by atoms with Crippen molar-refractivity contribution in [2.45, 2.75) is 33.4 Å². The molecule has 4 nitrogen and oxygen atoms in total. The maximum absolute atomic E-state index is 9.33. The Morgan fingerprint density at radius 1 is 1.57 bits per heavy atom. The molecular formula is C10H20N2O2. The summed E-state index contributed by atoms with van der Waals surface area (Å²) >= 11 is 0. The Morgan fingerprint density at radius 2 is 2.21 bits per heavy atom. The molecule has 1 unspecified atom stereocenters. The molecule has 0 radical (unpaired) electrons. The van der Waals surface area contributed by atoms with E-state index in [1.54, 1.807) is 18.0 Å². The van der Waals surface area contributed by atoms with Gasteiger partial charge < -0.3 is 9.84 Å². The Balaban J connectivity index is 0.000000791. The lowest BCUT2D eigenvalue weighted by Crippen LogP contribution is -2.21. The first-order valence-electron chi connectivity index (χ1n) is 4.88. The first kappa shape index (κ1) is 13.1. The number of aryl methyl sites for hydroxylation is 1. The van der Waals surface area contributed by atoms with Gasteiger partial charge >= 0.3 is 0 Å². The number of hydrogen-bond donors (Lipinski definition) is 1. The van der Waals surface area contributed by atoms with Crippen LogP contribution in [0.1, 0.15) is 19.4 Å². The van der Waals surface area contributed by atoms with Crippen LogP contribution in [0.3, 0.4) is 0 Å². The van der Waals surface area contributed by atoms with Gasteiger partial charge in [-0.1, -0.05) is 13.8 Å². The maximum Gasteiger partial charge on any atom is 0.0968 e. The van der Waals surface area contributed by atoms with Crippen molar-refractivity contribution in [3.63, 3.8) is 0 Å². The molecule has 14 heavy (non-hydrogen) atoms. The summed E-state index contributed by atoms with van der Waals surface area (Å²) < 4.78 is 6.50. The summed E-state index contributed by atoms with van der Waals surface area (Å²) in [4.78, 5) is 0. The van der Waals surface area contributed by atoms with Gasteiger partial charge in [0.15, 0.2) is 0 Å². The van der Waals surface area contributed by atoms with Gasteiger partial charge in [-0.2, -0.15) is 5.10 Å². The molecule has 1 rings (SSSR count). The van der Waals surface area contributed by atoms with Crippen LogP contribution < -0.4 is 0 Å². The van der Waals surface area contributed by atoms with Crippen molar-refractivity contribution in [3.05, 3.63) is 18.0 Å². The van der Waals surface area contributed by atoms with E-state index < -0.39 is 6.10 Å². The predicted octanol–water partition coefficient (Wildman–Crippen LogP) is 1.23. The largest absolute Gasteiger partial charge is 0.389 e. The second-order valence-electron chi connectivity index (χ2n) is 2.85. The van der Waals surface area contributed by atoms with Crippen molar-refractivity contribution < 1.29 is 9.84 Å². The lowest BCUT2D eigenvalue weighted by molar-refractivity contribution is 0.0514.